The van der Waals surface area contributed by atoms with Crippen LogP contribution in [0.4, 0.5) is 0 Å². The average molecular weight is 234 g/mol. The minimum atomic E-state index is -0.597. The summed E-state index contributed by atoms with van der Waals surface area (Å²) in [5.41, 5.74) is 2.99. The third kappa shape index (κ3) is 3.54. The predicted octanol–water partition coefficient (Wildman–Crippen LogP) is 1.53. The van der Waals surface area contributed by atoms with Crippen molar-refractivity contribution in [3.8, 4) is 0 Å². The molecule has 1 saturated carbocycles. The van der Waals surface area contributed by atoms with Crippen molar-refractivity contribution in [1.82, 2.24) is 5.43 Å². The van der Waals surface area contributed by atoms with Gasteiger partial charge in [-0.25, -0.2) is 5.84 Å². The fourth-order valence-electron chi connectivity index (χ4n) is 1.79. The first-order chi connectivity index (χ1) is 8.31. The topological polar surface area (TPSA) is 64.3 Å². The Morgan fingerprint density at radius 2 is 2.12 bits per heavy atom. The van der Waals surface area contributed by atoms with Gasteiger partial charge in [0, 0.05) is 6.61 Å². The van der Waals surface area contributed by atoms with Gasteiger partial charge in [-0.3, -0.25) is 10.2 Å². The molecule has 17 heavy (non-hydrogen) atoms. The minimum absolute atomic E-state index is 0.299. The van der Waals surface area contributed by atoms with Gasteiger partial charge in [0.15, 0.2) is 6.10 Å². The number of hydrogen-bond donors (Lipinski definition) is 2. The van der Waals surface area contributed by atoms with Gasteiger partial charge >= 0.3 is 0 Å². The molecule has 4 heteroatoms. The van der Waals surface area contributed by atoms with Gasteiger partial charge in [-0.1, -0.05) is 43.2 Å². The van der Waals surface area contributed by atoms with Crippen LogP contribution >= 0.6 is 0 Å². The smallest absolute Gasteiger partial charge is 0.267 e. The fourth-order valence-corrected chi connectivity index (χ4v) is 1.79. The summed E-state index contributed by atoms with van der Waals surface area (Å²) in [6.07, 6.45) is 3.02. The normalized spacial score (nSPS) is 16.5. The van der Waals surface area contributed by atoms with Crippen LogP contribution in [-0.2, 0) is 9.53 Å². The Morgan fingerprint density at radius 3 is 2.71 bits per heavy atom. The van der Waals surface area contributed by atoms with Crippen LogP contribution in [0.3, 0.4) is 0 Å². The number of hydrazine groups is 1. The number of nitrogens with one attached hydrogen (secondary N) is 1. The van der Waals surface area contributed by atoms with Gasteiger partial charge in [0.1, 0.15) is 0 Å². The van der Waals surface area contributed by atoms with Crippen LogP contribution in [-0.4, -0.2) is 12.5 Å². The molecule has 0 aliphatic heterocycles. The number of rotatable bonds is 6. The molecule has 0 spiro atoms. The minimum Gasteiger partial charge on any atom is -0.364 e. The molecule has 2 rings (SSSR count). The molecule has 3 N–H and O–H groups in total. The molecule has 1 aromatic rings. The summed E-state index contributed by atoms with van der Waals surface area (Å²) >= 11 is 0. The van der Waals surface area contributed by atoms with Crippen molar-refractivity contribution in [2.45, 2.75) is 25.4 Å². The summed E-state index contributed by atoms with van der Waals surface area (Å²) in [6.45, 7) is 0.609. The Labute approximate surface area is 101 Å². The summed E-state index contributed by atoms with van der Waals surface area (Å²) in [6, 6.07) is 9.42. The van der Waals surface area contributed by atoms with Crippen LogP contribution in [0, 0.1) is 5.92 Å². The van der Waals surface area contributed by atoms with Crippen LogP contribution in [0.15, 0.2) is 30.3 Å². The molecule has 0 heterocycles. The number of carbonyl (C=O) groups excluding carboxylic acids is 1. The van der Waals surface area contributed by atoms with Crippen molar-refractivity contribution in [3.05, 3.63) is 35.9 Å². The lowest BCUT2D eigenvalue weighted by Gasteiger charge is -2.16. The zero-order valence-electron chi connectivity index (χ0n) is 9.76. The Kier molecular flexibility index (Phi) is 4.12. The van der Waals surface area contributed by atoms with E-state index in [0.717, 1.165) is 17.9 Å². The standard InChI is InChI=1S/C13H18N2O2/c14-15-13(16)12(11-4-2-1-3-5-11)17-9-8-10-6-7-10/h1-5,10,12H,6-9,14H2,(H,15,16). The summed E-state index contributed by atoms with van der Waals surface area (Å²) in [4.78, 5) is 11.6. The Bertz CT molecular complexity index is 363. The van der Waals surface area contributed by atoms with E-state index < -0.39 is 6.10 Å². The molecule has 0 saturated heterocycles. The average Bonchev–Trinajstić information content (AvgIpc) is 3.19. The molecule has 0 bridgehead atoms. The lowest BCUT2D eigenvalue weighted by molar-refractivity contribution is -0.133. The van der Waals surface area contributed by atoms with Crippen molar-refractivity contribution in [1.29, 1.82) is 0 Å². The molecule has 0 aromatic heterocycles. The maximum Gasteiger partial charge on any atom is 0.267 e. The van der Waals surface area contributed by atoms with E-state index in [1.165, 1.54) is 12.8 Å². The lowest BCUT2D eigenvalue weighted by atomic mass is 10.1. The Morgan fingerprint density at radius 1 is 1.41 bits per heavy atom. The number of nitrogens with two attached hydrogens (primary N) is 1. The van der Waals surface area contributed by atoms with Crippen molar-refractivity contribution in [3.63, 3.8) is 0 Å². The van der Waals surface area contributed by atoms with Crippen LogP contribution < -0.4 is 11.3 Å². The van der Waals surface area contributed by atoms with Gasteiger partial charge < -0.3 is 4.74 Å². The molecular weight excluding hydrogens is 216 g/mol. The third-order valence-electron chi connectivity index (χ3n) is 2.99. The first-order valence-corrected chi connectivity index (χ1v) is 5.98. The largest absolute Gasteiger partial charge is 0.364 e. The van der Waals surface area contributed by atoms with Crippen LogP contribution in [0.1, 0.15) is 30.9 Å². The van der Waals surface area contributed by atoms with Gasteiger partial charge in [-0.15, -0.1) is 0 Å². The first-order valence-electron chi connectivity index (χ1n) is 5.98. The van der Waals surface area contributed by atoms with E-state index in [-0.39, 0.29) is 5.91 Å². The van der Waals surface area contributed by atoms with E-state index in [1.807, 2.05) is 30.3 Å². The first kappa shape index (κ1) is 12.1. The van der Waals surface area contributed by atoms with Crippen LogP contribution in [0.5, 0.6) is 0 Å². The van der Waals surface area contributed by atoms with E-state index in [0.29, 0.717) is 6.61 Å². The molecule has 1 amide bonds. The van der Waals surface area contributed by atoms with Crippen LogP contribution in [0.2, 0.25) is 0 Å². The van der Waals surface area contributed by atoms with Crippen LogP contribution in [0.25, 0.3) is 0 Å². The van der Waals surface area contributed by atoms with Gasteiger partial charge in [-0.2, -0.15) is 0 Å². The highest BCUT2D eigenvalue weighted by Gasteiger charge is 2.24. The quantitative estimate of drug-likeness (QED) is 0.446. The molecule has 4 nitrogen and oxygen atoms in total. The molecule has 1 fully saturated rings. The highest BCUT2D eigenvalue weighted by molar-refractivity contribution is 5.81. The van der Waals surface area contributed by atoms with Gasteiger partial charge in [0.25, 0.3) is 5.91 Å². The maximum atomic E-state index is 11.6. The monoisotopic (exact) mass is 234 g/mol. The third-order valence-corrected chi connectivity index (χ3v) is 2.99. The SMILES string of the molecule is NNC(=O)C(OCCC1CC1)c1ccccc1. The lowest BCUT2D eigenvalue weighted by Crippen LogP contribution is -2.36. The molecule has 1 aliphatic carbocycles. The maximum absolute atomic E-state index is 11.6. The second-order valence-corrected chi connectivity index (χ2v) is 4.40. The highest BCUT2D eigenvalue weighted by Crippen LogP contribution is 2.32. The van der Waals surface area contributed by atoms with Gasteiger partial charge in [0.05, 0.1) is 0 Å². The summed E-state index contributed by atoms with van der Waals surface area (Å²) in [7, 11) is 0. The van der Waals surface area contributed by atoms with Crippen molar-refractivity contribution >= 4 is 5.91 Å². The van der Waals surface area contributed by atoms with Gasteiger partial charge in [-0.05, 0) is 17.9 Å². The van der Waals surface area contributed by atoms with E-state index in [1.54, 1.807) is 0 Å². The molecule has 0 radical (unpaired) electrons. The zero-order chi connectivity index (χ0) is 12.1. The second-order valence-electron chi connectivity index (χ2n) is 4.40. The van der Waals surface area contributed by atoms with Crippen molar-refractivity contribution < 1.29 is 9.53 Å². The van der Waals surface area contributed by atoms with E-state index in [2.05, 4.69) is 5.43 Å². The zero-order valence-corrected chi connectivity index (χ0v) is 9.76. The summed E-state index contributed by atoms with van der Waals surface area (Å²) in [5, 5.41) is 0. The molecule has 1 unspecified atom stereocenters. The number of hydrogen-bond acceptors (Lipinski definition) is 3. The van der Waals surface area contributed by atoms with E-state index in [9.17, 15) is 4.79 Å². The highest BCUT2D eigenvalue weighted by atomic mass is 16.5. The Hall–Kier alpha value is -1.39. The number of benzene rings is 1. The molecule has 92 valence electrons. The number of ether oxygens (including phenoxy) is 1. The Balaban J connectivity index is 1.94. The summed E-state index contributed by atoms with van der Waals surface area (Å²) < 4.78 is 5.64. The van der Waals surface area contributed by atoms with Crippen molar-refractivity contribution in [2.24, 2.45) is 11.8 Å². The molecular formula is C13H18N2O2. The molecule has 1 aromatic carbocycles. The van der Waals surface area contributed by atoms with Crippen molar-refractivity contribution in [2.75, 3.05) is 6.61 Å². The molecule has 1 atom stereocenters. The summed E-state index contributed by atoms with van der Waals surface area (Å²) in [5.74, 6) is 5.67. The number of carbonyl (C=O) groups is 1. The number of amides is 1. The predicted molar refractivity (Wildman–Crippen MR) is 64.8 cm³/mol. The molecule has 1 aliphatic rings. The fraction of sp³-hybridized carbons (Fsp3) is 0.462. The van der Waals surface area contributed by atoms with E-state index >= 15 is 0 Å². The second kappa shape index (κ2) is 5.80. The van der Waals surface area contributed by atoms with E-state index in [4.69, 9.17) is 10.6 Å². The van der Waals surface area contributed by atoms with Gasteiger partial charge in [0.2, 0.25) is 0 Å².